The van der Waals surface area contributed by atoms with Gasteiger partial charge < -0.3 is 21.1 Å². The van der Waals surface area contributed by atoms with Crippen LogP contribution in [0.25, 0.3) is 0 Å². The molecule has 2 rings (SSSR count). The Kier molecular flexibility index (Phi) is 14.9. The van der Waals surface area contributed by atoms with E-state index in [1.165, 1.54) is 38.5 Å². The van der Waals surface area contributed by atoms with Gasteiger partial charge in [-0.05, 0) is 30.7 Å². The van der Waals surface area contributed by atoms with Crippen molar-refractivity contribution in [2.24, 2.45) is 5.92 Å². The molecule has 0 radical (unpaired) electrons. The molecule has 0 unspecified atom stereocenters. The van der Waals surface area contributed by atoms with Crippen LogP contribution in [0.4, 0.5) is 0 Å². The number of rotatable bonds is 3. The van der Waals surface area contributed by atoms with E-state index in [-0.39, 0.29) is 24.2 Å². The second kappa shape index (κ2) is 17.9. The average molecular weight is 516 g/mol. The van der Waals surface area contributed by atoms with Crippen LogP contribution in [0, 0.1) is 5.92 Å². The number of aliphatic hydroxyl groups excluding tert-OH is 1. The number of carbonyl (C=O) groups is 3. The van der Waals surface area contributed by atoms with Crippen LogP contribution < -0.4 is 16.0 Å². The van der Waals surface area contributed by atoms with Crippen molar-refractivity contribution < 1.29 is 19.5 Å². The van der Waals surface area contributed by atoms with Crippen molar-refractivity contribution in [2.45, 2.75) is 122 Å². The normalized spacial score (nSPS) is 25.1. The minimum absolute atomic E-state index is 0.0876. The quantitative estimate of drug-likeness (QED) is 0.478. The largest absolute Gasteiger partial charge is 0.390 e. The molecule has 0 aromatic heterocycles. The highest BCUT2D eigenvalue weighted by Gasteiger charge is 2.28. The number of aliphatic hydroxyl groups is 1. The number of hydrogen-bond acceptors (Lipinski definition) is 4. The highest BCUT2D eigenvalue weighted by atomic mass is 16.3. The molecular weight excluding hydrogens is 466 g/mol. The van der Waals surface area contributed by atoms with Crippen LogP contribution in [0.1, 0.15) is 103 Å². The third-order valence-electron chi connectivity index (χ3n) is 7.15. The van der Waals surface area contributed by atoms with Crippen molar-refractivity contribution in [2.75, 3.05) is 6.54 Å². The van der Waals surface area contributed by atoms with Crippen molar-refractivity contribution >= 4 is 17.7 Å². The minimum atomic E-state index is -1.07. The first kappa shape index (κ1) is 30.8. The van der Waals surface area contributed by atoms with Gasteiger partial charge in [-0.1, -0.05) is 102 Å². The molecule has 0 saturated carbocycles. The van der Waals surface area contributed by atoms with E-state index in [1.807, 2.05) is 44.2 Å². The molecule has 1 aromatic rings. The zero-order chi connectivity index (χ0) is 26.9. The Balaban J connectivity index is 2.05. The van der Waals surface area contributed by atoms with Crippen molar-refractivity contribution in [3.8, 4) is 0 Å². The summed E-state index contributed by atoms with van der Waals surface area (Å²) in [5, 5.41) is 19.7. The smallest absolute Gasteiger partial charge is 0.242 e. The molecule has 0 bridgehead atoms. The van der Waals surface area contributed by atoms with Crippen molar-refractivity contribution in [3.63, 3.8) is 0 Å². The van der Waals surface area contributed by atoms with Gasteiger partial charge >= 0.3 is 0 Å². The maximum Gasteiger partial charge on any atom is 0.242 e. The van der Waals surface area contributed by atoms with Gasteiger partial charge in [-0.15, -0.1) is 0 Å². The zero-order valence-electron chi connectivity index (χ0n) is 23.0. The number of carbonyl (C=O) groups excluding carboxylic acids is 3. The van der Waals surface area contributed by atoms with E-state index < -0.39 is 24.1 Å². The summed E-state index contributed by atoms with van der Waals surface area (Å²) in [6.45, 7) is 4.39. The van der Waals surface area contributed by atoms with Gasteiger partial charge in [0.2, 0.25) is 17.7 Å². The highest BCUT2D eigenvalue weighted by Crippen LogP contribution is 2.14. The van der Waals surface area contributed by atoms with Crippen LogP contribution in [0.2, 0.25) is 0 Å². The molecule has 1 fully saturated rings. The van der Waals surface area contributed by atoms with Gasteiger partial charge in [0.25, 0.3) is 0 Å². The van der Waals surface area contributed by atoms with Crippen LogP contribution in [0.5, 0.6) is 0 Å². The Bertz CT molecular complexity index is 799. The SMILES string of the molecule is CC(C)[C@@H]1NC(=O)C[C@H](O)[C@H](Cc2ccccc2)NC(=O)CCCCCCCCCCCCCNC1=O. The first-order valence-electron chi connectivity index (χ1n) is 14.4. The Morgan fingerprint density at radius 1 is 0.784 bits per heavy atom. The van der Waals surface area contributed by atoms with Crippen LogP contribution in [0.15, 0.2) is 30.3 Å². The standard InChI is InChI=1S/C30H49N3O4/c1-23(2)29-30(37)31-20-16-11-9-7-5-3-4-6-8-10-15-19-27(35)32-25(26(34)22-28(36)33-29)21-24-17-13-12-14-18-24/h12-14,17-18,23,25-26,29,34H,3-11,15-16,19-22H2,1-2H3,(H,31,37)(H,32,35)(H,33,36)/t25-,26-,29-/m0/s1. The van der Waals surface area contributed by atoms with Crippen molar-refractivity contribution in [3.05, 3.63) is 35.9 Å². The van der Waals surface area contributed by atoms with Gasteiger partial charge in [-0.25, -0.2) is 0 Å². The minimum Gasteiger partial charge on any atom is -0.390 e. The van der Waals surface area contributed by atoms with Gasteiger partial charge in [0.1, 0.15) is 6.04 Å². The van der Waals surface area contributed by atoms with Gasteiger partial charge in [-0.2, -0.15) is 0 Å². The fraction of sp³-hybridized carbons (Fsp3) is 0.700. The van der Waals surface area contributed by atoms with Gasteiger partial charge in [0, 0.05) is 13.0 Å². The number of benzene rings is 1. The fourth-order valence-corrected chi connectivity index (χ4v) is 4.85. The third-order valence-corrected chi connectivity index (χ3v) is 7.15. The first-order chi connectivity index (χ1) is 17.9. The summed E-state index contributed by atoms with van der Waals surface area (Å²) in [6, 6.07) is 8.39. The average Bonchev–Trinajstić information content (AvgIpc) is 2.86. The predicted molar refractivity (Wildman–Crippen MR) is 148 cm³/mol. The van der Waals surface area contributed by atoms with Crippen molar-refractivity contribution in [1.82, 2.24) is 16.0 Å². The first-order valence-corrected chi connectivity index (χ1v) is 14.4. The molecule has 0 aliphatic carbocycles. The summed E-state index contributed by atoms with van der Waals surface area (Å²) in [5.74, 6) is -0.772. The van der Waals surface area contributed by atoms with E-state index in [1.54, 1.807) is 0 Å². The summed E-state index contributed by atoms with van der Waals surface area (Å²) < 4.78 is 0. The molecule has 3 amide bonds. The second-order valence-electron chi connectivity index (χ2n) is 10.9. The topological polar surface area (TPSA) is 108 Å². The molecule has 3 atom stereocenters. The Morgan fingerprint density at radius 2 is 1.35 bits per heavy atom. The van der Waals surface area contributed by atoms with E-state index in [2.05, 4.69) is 16.0 Å². The van der Waals surface area contributed by atoms with Crippen LogP contribution in [-0.4, -0.2) is 47.6 Å². The Morgan fingerprint density at radius 3 is 1.95 bits per heavy atom. The molecule has 37 heavy (non-hydrogen) atoms. The van der Waals surface area contributed by atoms with Crippen LogP contribution in [-0.2, 0) is 20.8 Å². The lowest BCUT2D eigenvalue weighted by Crippen LogP contribution is -2.52. The molecule has 1 aliphatic rings. The summed E-state index contributed by atoms with van der Waals surface area (Å²) in [5.41, 5.74) is 0.976. The lowest BCUT2D eigenvalue weighted by Gasteiger charge is -2.26. The van der Waals surface area contributed by atoms with Gasteiger partial charge in [0.05, 0.1) is 18.6 Å². The zero-order valence-corrected chi connectivity index (χ0v) is 23.0. The second-order valence-corrected chi connectivity index (χ2v) is 10.9. The fourth-order valence-electron chi connectivity index (χ4n) is 4.85. The van der Waals surface area contributed by atoms with Gasteiger partial charge in [-0.3, -0.25) is 14.4 Å². The lowest BCUT2D eigenvalue weighted by atomic mass is 9.97. The molecule has 7 nitrogen and oxygen atoms in total. The maximum absolute atomic E-state index is 12.8. The van der Waals surface area contributed by atoms with Gasteiger partial charge in [0.15, 0.2) is 0 Å². The van der Waals surface area contributed by atoms with Crippen molar-refractivity contribution in [1.29, 1.82) is 0 Å². The number of nitrogens with one attached hydrogen (secondary N) is 3. The predicted octanol–water partition coefficient (Wildman–Crippen LogP) is 4.42. The molecule has 1 heterocycles. The van der Waals surface area contributed by atoms with Crippen LogP contribution >= 0.6 is 0 Å². The summed E-state index contributed by atoms with van der Waals surface area (Å²) in [7, 11) is 0. The molecule has 208 valence electrons. The van der Waals surface area contributed by atoms with E-state index >= 15 is 0 Å². The summed E-state index contributed by atoms with van der Waals surface area (Å²) in [6.07, 6.45) is 12.0. The Hall–Kier alpha value is -2.41. The summed E-state index contributed by atoms with van der Waals surface area (Å²) in [4.78, 5) is 38.3. The molecule has 1 aliphatic heterocycles. The number of hydrogen-bond donors (Lipinski definition) is 4. The van der Waals surface area contributed by atoms with E-state index in [0.717, 1.165) is 37.7 Å². The lowest BCUT2D eigenvalue weighted by molar-refractivity contribution is -0.131. The molecule has 1 aromatic carbocycles. The van der Waals surface area contributed by atoms with Crippen LogP contribution in [0.3, 0.4) is 0 Å². The van der Waals surface area contributed by atoms with E-state index in [9.17, 15) is 19.5 Å². The third kappa shape index (κ3) is 13.1. The summed E-state index contributed by atoms with van der Waals surface area (Å²) >= 11 is 0. The molecule has 7 heteroatoms. The highest BCUT2D eigenvalue weighted by molar-refractivity contribution is 5.88. The monoisotopic (exact) mass is 515 g/mol. The molecule has 0 spiro atoms. The number of amides is 3. The molecule has 4 N–H and O–H groups in total. The molecule has 1 saturated heterocycles. The Labute approximate surface area is 223 Å². The van der Waals surface area contributed by atoms with E-state index in [0.29, 0.717) is 19.4 Å². The van der Waals surface area contributed by atoms with E-state index in [4.69, 9.17) is 0 Å². The maximum atomic E-state index is 12.8. The molecular formula is C30H49N3O4.